The Kier molecular flexibility index (Phi) is 4.36. The first-order chi connectivity index (χ1) is 9.71. The first-order valence-corrected chi connectivity index (χ1v) is 8.78. The Balaban J connectivity index is 2.37. The van der Waals surface area contributed by atoms with Crippen LogP contribution in [0.2, 0.25) is 0 Å². The van der Waals surface area contributed by atoms with Crippen LogP contribution in [-0.2, 0) is 16.6 Å². The normalized spacial score (nSPS) is 12.0. The van der Waals surface area contributed by atoms with Crippen LogP contribution in [0.25, 0.3) is 0 Å². The molecule has 0 saturated heterocycles. The minimum absolute atomic E-state index is 0.250. The van der Waals surface area contributed by atoms with Crippen molar-refractivity contribution < 1.29 is 8.42 Å². The van der Waals surface area contributed by atoms with E-state index in [1.807, 2.05) is 19.2 Å². The van der Waals surface area contributed by atoms with Gasteiger partial charge in [0.2, 0.25) is 10.0 Å². The Labute approximate surface area is 129 Å². The molecule has 1 heterocycles. The standard InChI is InChI=1S/C14H19N3O2S2/c1-9-5-13(15)10(2)14(6-9)21(18,19)17(4)7-12-8-20-11(3)16-12/h5-6,8H,7,15H2,1-4H3. The summed E-state index contributed by atoms with van der Waals surface area (Å²) in [5, 5.41) is 2.80. The van der Waals surface area contributed by atoms with Gasteiger partial charge in [0.1, 0.15) is 0 Å². The molecule has 1 aromatic heterocycles. The highest BCUT2D eigenvalue weighted by molar-refractivity contribution is 7.89. The maximum atomic E-state index is 12.7. The van der Waals surface area contributed by atoms with Gasteiger partial charge in [-0.1, -0.05) is 0 Å². The molecule has 114 valence electrons. The third-order valence-corrected chi connectivity index (χ3v) is 6.04. The van der Waals surface area contributed by atoms with Crippen molar-refractivity contribution in [3.05, 3.63) is 39.3 Å². The molecule has 0 atom stereocenters. The number of aromatic nitrogens is 1. The highest BCUT2D eigenvalue weighted by Gasteiger charge is 2.24. The molecule has 0 aliphatic rings. The lowest BCUT2D eigenvalue weighted by molar-refractivity contribution is 0.462. The molecule has 0 bridgehead atoms. The first-order valence-electron chi connectivity index (χ1n) is 6.46. The van der Waals surface area contributed by atoms with Gasteiger partial charge in [-0.05, 0) is 44.0 Å². The van der Waals surface area contributed by atoms with E-state index in [1.54, 1.807) is 26.1 Å². The van der Waals surface area contributed by atoms with Crippen LogP contribution < -0.4 is 5.73 Å². The number of nitrogen functional groups attached to an aromatic ring is 1. The van der Waals surface area contributed by atoms with Gasteiger partial charge in [-0.3, -0.25) is 0 Å². The molecule has 0 amide bonds. The molecule has 0 radical (unpaired) electrons. The number of hydrogen-bond donors (Lipinski definition) is 1. The van der Waals surface area contributed by atoms with Gasteiger partial charge in [0.15, 0.2) is 0 Å². The Morgan fingerprint density at radius 3 is 2.52 bits per heavy atom. The van der Waals surface area contributed by atoms with E-state index in [-0.39, 0.29) is 11.4 Å². The Hall–Kier alpha value is -1.44. The van der Waals surface area contributed by atoms with Gasteiger partial charge in [-0.2, -0.15) is 4.31 Å². The fourth-order valence-corrected chi connectivity index (χ4v) is 4.16. The number of anilines is 1. The van der Waals surface area contributed by atoms with E-state index in [9.17, 15) is 8.42 Å². The second kappa shape index (κ2) is 5.75. The summed E-state index contributed by atoms with van der Waals surface area (Å²) in [6.07, 6.45) is 0. The molecule has 0 unspecified atom stereocenters. The summed E-state index contributed by atoms with van der Waals surface area (Å²) < 4.78 is 26.7. The molecule has 0 fully saturated rings. The summed E-state index contributed by atoms with van der Waals surface area (Å²) in [7, 11) is -2.03. The van der Waals surface area contributed by atoms with Crippen molar-refractivity contribution in [3.63, 3.8) is 0 Å². The molecule has 0 aliphatic heterocycles. The number of rotatable bonds is 4. The summed E-state index contributed by atoms with van der Waals surface area (Å²) in [6.45, 7) is 5.70. The average Bonchev–Trinajstić information content (AvgIpc) is 2.79. The molecule has 2 N–H and O–H groups in total. The number of hydrogen-bond acceptors (Lipinski definition) is 5. The lowest BCUT2D eigenvalue weighted by atomic mass is 10.1. The van der Waals surface area contributed by atoms with Crippen molar-refractivity contribution in [2.45, 2.75) is 32.2 Å². The van der Waals surface area contributed by atoms with Crippen molar-refractivity contribution in [3.8, 4) is 0 Å². The van der Waals surface area contributed by atoms with Crippen molar-refractivity contribution in [1.29, 1.82) is 0 Å². The van der Waals surface area contributed by atoms with E-state index in [1.165, 1.54) is 15.6 Å². The molecule has 0 saturated carbocycles. The van der Waals surface area contributed by atoms with Crippen LogP contribution in [0.4, 0.5) is 5.69 Å². The van der Waals surface area contributed by atoms with Crippen LogP contribution in [0.1, 0.15) is 21.8 Å². The highest BCUT2D eigenvalue weighted by Crippen LogP contribution is 2.26. The van der Waals surface area contributed by atoms with Crippen LogP contribution >= 0.6 is 11.3 Å². The molecule has 2 rings (SSSR count). The fourth-order valence-electron chi connectivity index (χ4n) is 2.08. The summed E-state index contributed by atoms with van der Waals surface area (Å²) in [6, 6.07) is 3.43. The second-order valence-electron chi connectivity index (χ2n) is 5.10. The van der Waals surface area contributed by atoms with Crippen LogP contribution in [-0.4, -0.2) is 24.8 Å². The number of nitrogens with two attached hydrogens (primary N) is 1. The topological polar surface area (TPSA) is 76.3 Å². The molecular formula is C14H19N3O2S2. The maximum absolute atomic E-state index is 12.7. The quantitative estimate of drug-likeness (QED) is 0.876. The first kappa shape index (κ1) is 15.9. The van der Waals surface area contributed by atoms with Crippen LogP contribution in [0, 0.1) is 20.8 Å². The third-order valence-electron chi connectivity index (χ3n) is 3.28. The molecule has 2 aromatic rings. The van der Waals surface area contributed by atoms with Crippen molar-refractivity contribution in [2.75, 3.05) is 12.8 Å². The molecule has 5 nitrogen and oxygen atoms in total. The number of thiazole rings is 1. The molecule has 7 heteroatoms. The Morgan fingerprint density at radius 1 is 1.29 bits per heavy atom. The van der Waals surface area contributed by atoms with Crippen molar-refractivity contribution in [1.82, 2.24) is 9.29 Å². The van der Waals surface area contributed by atoms with Gasteiger partial charge >= 0.3 is 0 Å². The average molecular weight is 325 g/mol. The minimum atomic E-state index is -3.59. The van der Waals surface area contributed by atoms with Crippen LogP contribution in [0.3, 0.4) is 0 Å². The zero-order chi connectivity index (χ0) is 15.8. The predicted molar refractivity (Wildman–Crippen MR) is 85.8 cm³/mol. The summed E-state index contributed by atoms with van der Waals surface area (Å²) in [5.74, 6) is 0. The van der Waals surface area contributed by atoms with Crippen LogP contribution in [0.15, 0.2) is 22.4 Å². The molecule has 0 spiro atoms. The number of benzene rings is 1. The number of aryl methyl sites for hydroxylation is 2. The van der Waals surface area contributed by atoms with E-state index in [0.717, 1.165) is 16.3 Å². The SMILES string of the molecule is Cc1cc(N)c(C)c(S(=O)(=O)N(C)Cc2csc(C)n2)c1. The zero-order valence-corrected chi connectivity index (χ0v) is 14.2. The zero-order valence-electron chi connectivity index (χ0n) is 12.5. The number of sulfonamides is 1. The Bertz CT molecular complexity index is 767. The molecule has 0 aliphatic carbocycles. The lowest BCUT2D eigenvalue weighted by Crippen LogP contribution is -2.27. The molecule has 21 heavy (non-hydrogen) atoms. The summed E-state index contributed by atoms with van der Waals surface area (Å²) >= 11 is 1.51. The van der Waals surface area contributed by atoms with E-state index in [2.05, 4.69) is 4.98 Å². The highest BCUT2D eigenvalue weighted by atomic mass is 32.2. The largest absolute Gasteiger partial charge is 0.398 e. The Morgan fingerprint density at radius 2 is 1.95 bits per heavy atom. The monoisotopic (exact) mass is 325 g/mol. The van der Waals surface area contributed by atoms with E-state index in [4.69, 9.17) is 5.73 Å². The van der Waals surface area contributed by atoms with Gasteiger partial charge in [0, 0.05) is 18.1 Å². The number of nitrogens with zero attached hydrogens (tertiary/aromatic N) is 2. The maximum Gasteiger partial charge on any atom is 0.243 e. The fraction of sp³-hybridized carbons (Fsp3) is 0.357. The van der Waals surface area contributed by atoms with E-state index in [0.29, 0.717) is 11.3 Å². The van der Waals surface area contributed by atoms with Gasteiger partial charge in [0.05, 0.1) is 22.1 Å². The van der Waals surface area contributed by atoms with Gasteiger partial charge in [-0.25, -0.2) is 13.4 Å². The van der Waals surface area contributed by atoms with Gasteiger partial charge < -0.3 is 5.73 Å². The third kappa shape index (κ3) is 3.25. The molecule has 1 aromatic carbocycles. The predicted octanol–water partition coefficient (Wildman–Crippen LogP) is 2.47. The summed E-state index contributed by atoms with van der Waals surface area (Å²) in [4.78, 5) is 4.56. The summed E-state index contributed by atoms with van der Waals surface area (Å²) in [5.41, 5.74) is 8.54. The van der Waals surface area contributed by atoms with Gasteiger partial charge in [-0.15, -0.1) is 11.3 Å². The van der Waals surface area contributed by atoms with Crippen molar-refractivity contribution >= 4 is 27.0 Å². The van der Waals surface area contributed by atoms with E-state index < -0.39 is 10.0 Å². The lowest BCUT2D eigenvalue weighted by Gasteiger charge is -2.19. The smallest absolute Gasteiger partial charge is 0.243 e. The minimum Gasteiger partial charge on any atom is -0.398 e. The van der Waals surface area contributed by atoms with Crippen molar-refractivity contribution in [2.24, 2.45) is 0 Å². The van der Waals surface area contributed by atoms with Gasteiger partial charge in [0.25, 0.3) is 0 Å². The van der Waals surface area contributed by atoms with Crippen LogP contribution in [0.5, 0.6) is 0 Å². The molecular weight excluding hydrogens is 306 g/mol. The van der Waals surface area contributed by atoms with E-state index >= 15 is 0 Å². The second-order valence-corrected chi connectivity index (χ2v) is 8.17.